The van der Waals surface area contributed by atoms with Crippen LogP contribution >= 0.6 is 0 Å². The molecule has 1 aromatic heterocycles. The lowest BCUT2D eigenvalue weighted by Gasteiger charge is -2.30. The van der Waals surface area contributed by atoms with Crippen LogP contribution < -0.4 is 19.1 Å². The quantitative estimate of drug-likeness (QED) is 0.819. The van der Waals surface area contributed by atoms with Gasteiger partial charge in [0.05, 0.1) is 20.3 Å². The number of hydrogen-bond acceptors (Lipinski definition) is 6. The second kappa shape index (κ2) is 6.67. The van der Waals surface area contributed by atoms with Crippen LogP contribution in [-0.2, 0) is 6.54 Å². The highest BCUT2D eigenvalue weighted by molar-refractivity contribution is 5.48. The number of nitrogens with zero attached hydrogens (tertiary/aromatic N) is 3. The third kappa shape index (κ3) is 3.84. The second-order valence-corrected chi connectivity index (χ2v) is 7.66. The van der Waals surface area contributed by atoms with E-state index in [1.54, 1.807) is 13.4 Å². The van der Waals surface area contributed by atoms with Gasteiger partial charge in [-0.05, 0) is 44.7 Å². The first kappa shape index (κ1) is 16.9. The summed E-state index contributed by atoms with van der Waals surface area (Å²) in [5, 5.41) is 0. The Morgan fingerprint density at radius 2 is 2.08 bits per heavy atom. The van der Waals surface area contributed by atoms with Crippen LogP contribution in [0.1, 0.15) is 32.3 Å². The maximum Gasteiger partial charge on any atom is 0.218 e. The summed E-state index contributed by atoms with van der Waals surface area (Å²) in [5.74, 6) is 3.84. The Kier molecular flexibility index (Phi) is 4.34. The van der Waals surface area contributed by atoms with Crippen molar-refractivity contribution in [2.75, 3.05) is 25.2 Å². The van der Waals surface area contributed by atoms with Crippen molar-refractivity contribution >= 4 is 5.82 Å². The summed E-state index contributed by atoms with van der Waals surface area (Å²) < 4.78 is 17.4. The fourth-order valence-electron chi connectivity index (χ4n) is 3.17. The molecule has 1 fully saturated rings. The maximum atomic E-state index is 6.26. The van der Waals surface area contributed by atoms with Gasteiger partial charge in [-0.15, -0.1) is 0 Å². The van der Waals surface area contributed by atoms with E-state index in [-0.39, 0.29) is 5.60 Å². The summed E-state index contributed by atoms with van der Waals surface area (Å²) in [7, 11) is 1.67. The lowest BCUT2D eigenvalue weighted by molar-refractivity contribution is 0.120. The molecule has 6 heteroatoms. The van der Waals surface area contributed by atoms with Gasteiger partial charge in [-0.1, -0.05) is 0 Å². The summed E-state index contributed by atoms with van der Waals surface area (Å²) >= 11 is 0. The number of fused-ring (bicyclic) bond motifs is 1. The van der Waals surface area contributed by atoms with Gasteiger partial charge in [-0.3, -0.25) is 0 Å². The van der Waals surface area contributed by atoms with Crippen molar-refractivity contribution in [3.8, 4) is 17.4 Å². The Hall–Kier alpha value is -2.50. The third-order valence-corrected chi connectivity index (χ3v) is 4.71. The summed E-state index contributed by atoms with van der Waals surface area (Å²) in [6, 6.07) is 7.88. The fourth-order valence-corrected chi connectivity index (χ4v) is 3.17. The van der Waals surface area contributed by atoms with E-state index in [9.17, 15) is 0 Å². The lowest BCUT2D eigenvalue weighted by atomic mass is 10.1. The largest absolute Gasteiger partial charge is 0.497 e. The Morgan fingerprint density at radius 1 is 1.23 bits per heavy atom. The lowest BCUT2D eigenvalue weighted by Crippen LogP contribution is -2.41. The van der Waals surface area contributed by atoms with Gasteiger partial charge >= 0.3 is 0 Å². The third-order valence-electron chi connectivity index (χ3n) is 4.71. The summed E-state index contributed by atoms with van der Waals surface area (Å²) in [6.45, 7) is 6.33. The van der Waals surface area contributed by atoms with Crippen LogP contribution in [-0.4, -0.2) is 35.8 Å². The summed E-state index contributed by atoms with van der Waals surface area (Å²) in [5.41, 5.74) is 0.743. The predicted octanol–water partition coefficient (Wildman–Crippen LogP) is 3.45. The maximum absolute atomic E-state index is 6.26. The van der Waals surface area contributed by atoms with Crippen LogP contribution in [0.4, 0.5) is 5.82 Å². The average molecular weight is 355 g/mol. The van der Waals surface area contributed by atoms with Crippen molar-refractivity contribution in [3.63, 3.8) is 0 Å². The zero-order chi connectivity index (χ0) is 18.1. The molecular weight excluding hydrogens is 330 g/mol. The van der Waals surface area contributed by atoms with Gasteiger partial charge in [0, 0.05) is 24.2 Å². The molecule has 138 valence electrons. The van der Waals surface area contributed by atoms with Gasteiger partial charge in [0.15, 0.2) is 0 Å². The molecule has 26 heavy (non-hydrogen) atoms. The number of methoxy groups -OCH3 is 1. The summed E-state index contributed by atoms with van der Waals surface area (Å²) in [6.07, 6.45) is 4.09. The molecule has 0 spiro atoms. The molecule has 0 atom stereocenters. The van der Waals surface area contributed by atoms with Gasteiger partial charge in [0.1, 0.15) is 29.2 Å². The van der Waals surface area contributed by atoms with Crippen LogP contribution in [0, 0.1) is 5.92 Å². The van der Waals surface area contributed by atoms with E-state index in [4.69, 9.17) is 14.2 Å². The molecule has 0 bridgehead atoms. The number of aromatic nitrogens is 2. The standard InChI is InChI=1S/C20H25N3O3/c1-20(2)12-23(10-15-6-7-16(24-3)8-17(15)26-20)18-9-19(22-13-21-18)25-11-14-4-5-14/h6-9,13-14H,4-5,10-12H2,1-3H3. The van der Waals surface area contributed by atoms with Crippen molar-refractivity contribution in [1.29, 1.82) is 0 Å². The number of rotatable bonds is 5. The van der Waals surface area contributed by atoms with Crippen LogP contribution in [0.3, 0.4) is 0 Å². The highest BCUT2D eigenvalue weighted by Crippen LogP contribution is 2.34. The molecule has 1 aliphatic carbocycles. The van der Waals surface area contributed by atoms with Gasteiger partial charge in [-0.25, -0.2) is 9.97 Å². The van der Waals surface area contributed by atoms with Crippen molar-refractivity contribution < 1.29 is 14.2 Å². The van der Waals surface area contributed by atoms with Crippen molar-refractivity contribution in [2.24, 2.45) is 5.92 Å². The molecule has 0 saturated heterocycles. The minimum absolute atomic E-state index is 0.363. The molecular formula is C20H25N3O3. The van der Waals surface area contributed by atoms with E-state index in [2.05, 4.69) is 28.7 Å². The average Bonchev–Trinajstić information content (AvgIpc) is 3.45. The monoisotopic (exact) mass is 355 g/mol. The molecule has 0 unspecified atom stereocenters. The van der Waals surface area contributed by atoms with Crippen molar-refractivity contribution in [2.45, 2.75) is 38.8 Å². The van der Waals surface area contributed by atoms with Crippen LogP contribution in [0.25, 0.3) is 0 Å². The molecule has 1 saturated carbocycles. The molecule has 1 aliphatic heterocycles. The topological polar surface area (TPSA) is 56.7 Å². The molecule has 1 aromatic carbocycles. The van der Waals surface area contributed by atoms with E-state index in [0.717, 1.165) is 29.5 Å². The molecule has 0 amide bonds. The number of anilines is 1. The van der Waals surface area contributed by atoms with Crippen LogP contribution in [0.5, 0.6) is 17.4 Å². The number of ether oxygens (including phenoxy) is 3. The Labute approximate surface area is 154 Å². The SMILES string of the molecule is COc1ccc2c(c1)OC(C)(C)CN(c1cc(OCC3CC3)ncn1)C2. The second-order valence-electron chi connectivity index (χ2n) is 7.66. The number of benzene rings is 1. The molecule has 0 N–H and O–H groups in total. The first-order valence-corrected chi connectivity index (χ1v) is 9.08. The minimum atomic E-state index is -0.363. The zero-order valence-electron chi connectivity index (χ0n) is 15.6. The highest BCUT2D eigenvalue weighted by Gasteiger charge is 2.30. The van der Waals surface area contributed by atoms with E-state index in [1.807, 2.05) is 24.3 Å². The molecule has 0 radical (unpaired) electrons. The Bertz CT molecular complexity index is 790. The minimum Gasteiger partial charge on any atom is -0.497 e. The Balaban J connectivity index is 1.59. The van der Waals surface area contributed by atoms with Gasteiger partial charge in [0.2, 0.25) is 5.88 Å². The smallest absolute Gasteiger partial charge is 0.218 e. The van der Waals surface area contributed by atoms with Crippen LogP contribution in [0.2, 0.25) is 0 Å². The molecule has 2 aliphatic rings. The van der Waals surface area contributed by atoms with E-state index < -0.39 is 0 Å². The summed E-state index contributed by atoms with van der Waals surface area (Å²) in [4.78, 5) is 10.9. The van der Waals surface area contributed by atoms with Crippen LogP contribution in [0.15, 0.2) is 30.6 Å². The number of hydrogen-bond donors (Lipinski definition) is 0. The van der Waals surface area contributed by atoms with Crippen molar-refractivity contribution in [1.82, 2.24) is 9.97 Å². The van der Waals surface area contributed by atoms with Gasteiger partial charge in [-0.2, -0.15) is 0 Å². The molecule has 6 nitrogen and oxygen atoms in total. The molecule has 2 heterocycles. The Morgan fingerprint density at radius 3 is 2.85 bits per heavy atom. The molecule has 4 rings (SSSR count). The highest BCUT2D eigenvalue weighted by atomic mass is 16.5. The fraction of sp³-hybridized carbons (Fsp3) is 0.500. The first-order valence-electron chi connectivity index (χ1n) is 9.08. The zero-order valence-corrected chi connectivity index (χ0v) is 15.6. The molecule has 2 aromatic rings. The van der Waals surface area contributed by atoms with E-state index in [1.165, 1.54) is 12.8 Å². The van der Waals surface area contributed by atoms with Crippen molar-refractivity contribution in [3.05, 3.63) is 36.2 Å². The van der Waals surface area contributed by atoms with E-state index >= 15 is 0 Å². The first-order chi connectivity index (χ1) is 12.5. The van der Waals surface area contributed by atoms with Gasteiger partial charge < -0.3 is 19.1 Å². The van der Waals surface area contributed by atoms with Gasteiger partial charge in [0.25, 0.3) is 0 Å². The predicted molar refractivity (Wildman–Crippen MR) is 99.0 cm³/mol. The van der Waals surface area contributed by atoms with E-state index in [0.29, 0.717) is 24.9 Å². The normalized spacial score (nSPS) is 18.5.